The predicted molar refractivity (Wildman–Crippen MR) is 79.0 cm³/mol. The van der Waals surface area contributed by atoms with Gasteiger partial charge in [0.2, 0.25) is 0 Å². The van der Waals surface area contributed by atoms with Crippen molar-refractivity contribution in [2.75, 3.05) is 5.73 Å². The molecule has 0 heterocycles. The minimum absolute atomic E-state index is 0.0109. The summed E-state index contributed by atoms with van der Waals surface area (Å²) in [5.41, 5.74) is 7.01. The molecule has 1 aromatic rings. The standard InChI is InChI=1S/C16H24N2O/c1-12(13-6-4-2-3-5-7-13)18-16(19)14-8-10-15(17)11-9-14/h8-13H,2-7,17H2,1H3,(H,18,19)/t12-/m0/s1. The van der Waals surface area contributed by atoms with Crippen LogP contribution >= 0.6 is 0 Å². The molecule has 1 aromatic carbocycles. The van der Waals surface area contributed by atoms with Gasteiger partial charge >= 0.3 is 0 Å². The highest BCUT2D eigenvalue weighted by Gasteiger charge is 2.20. The van der Waals surface area contributed by atoms with Crippen LogP contribution in [-0.2, 0) is 0 Å². The van der Waals surface area contributed by atoms with Crippen molar-refractivity contribution in [2.45, 2.75) is 51.5 Å². The molecule has 0 aromatic heterocycles. The van der Waals surface area contributed by atoms with Gasteiger partial charge in [0.15, 0.2) is 0 Å². The summed E-state index contributed by atoms with van der Waals surface area (Å²) >= 11 is 0. The van der Waals surface area contributed by atoms with E-state index >= 15 is 0 Å². The van der Waals surface area contributed by atoms with E-state index < -0.39 is 0 Å². The second kappa shape index (κ2) is 6.60. The number of hydrogen-bond acceptors (Lipinski definition) is 2. The molecule has 1 aliphatic rings. The van der Waals surface area contributed by atoms with Crippen LogP contribution in [0.25, 0.3) is 0 Å². The molecular formula is C16H24N2O. The Morgan fingerprint density at radius 3 is 2.32 bits per heavy atom. The summed E-state index contributed by atoms with van der Waals surface area (Å²) in [6.45, 7) is 2.13. The molecular weight excluding hydrogens is 236 g/mol. The van der Waals surface area contributed by atoms with Crippen LogP contribution in [0.3, 0.4) is 0 Å². The average molecular weight is 260 g/mol. The molecule has 0 bridgehead atoms. The summed E-state index contributed by atoms with van der Waals surface area (Å²) in [6.07, 6.45) is 7.76. The van der Waals surface area contributed by atoms with E-state index in [4.69, 9.17) is 5.73 Å². The molecule has 1 aliphatic carbocycles. The first kappa shape index (κ1) is 13.9. The van der Waals surface area contributed by atoms with Crippen molar-refractivity contribution in [3.05, 3.63) is 29.8 Å². The van der Waals surface area contributed by atoms with Crippen molar-refractivity contribution in [3.8, 4) is 0 Å². The maximum absolute atomic E-state index is 12.1. The number of nitrogen functional groups attached to an aromatic ring is 1. The van der Waals surface area contributed by atoms with Crippen molar-refractivity contribution in [3.63, 3.8) is 0 Å². The number of hydrogen-bond donors (Lipinski definition) is 2. The average Bonchev–Trinajstić information content (AvgIpc) is 2.68. The van der Waals surface area contributed by atoms with Gasteiger partial charge in [-0.05, 0) is 49.9 Å². The third-order valence-electron chi connectivity index (χ3n) is 4.14. The maximum Gasteiger partial charge on any atom is 0.251 e. The Hall–Kier alpha value is -1.51. The van der Waals surface area contributed by atoms with Crippen LogP contribution in [0.2, 0.25) is 0 Å². The van der Waals surface area contributed by atoms with Gasteiger partial charge in [-0.3, -0.25) is 4.79 Å². The molecule has 104 valence electrons. The zero-order valence-electron chi connectivity index (χ0n) is 11.7. The fraction of sp³-hybridized carbons (Fsp3) is 0.562. The Kier molecular flexibility index (Phi) is 4.83. The topological polar surface area (TPSA) is 55.1 Å². The lowest BCUT2D eigenvalue weighted by atomic mass is 9.93. The molecule has 0 saturated heterocycles. The number of benzene rings is 1. The minimum Gasteiger partial charge on any atom is -0.399 e. The van der Waals surface area contributed by atoms with Crippen molar-refractivity contribution in [2.24, 2.45) is 5.92 Å². The maximum atomic E-state index is 12.1. The highest BCUT2D eigenvalue weighted by Crippen LogP contribution is 2.25. The monoisotopic (exact) mass is 260 g/mol. The van der Waals surface area contributed by atoms with Gasteiger partial charge in [0.25, 0.3) is 5.91 Å². The number of nitrogens with one attached hydrogen (secondary N) is 1. The lowest BCUT2D eigenvalue weighted by Gasteiger charge is -2.23. The van der Waals surface area contributed by atoms with Crippen LogP contribution in [0.1, 0.15) is 55.8 Å². The molecule has 0 aliphatic heterocycles. The molecule has 3 heteroatoms. The molecule has 2 rings (SSSR count). The largest absolute Gasteiger partial charge is 0.399 e. The first-order chi connectivity index (χ1) is 9.16. The Morgan fingerprint density at radius 1 is 1.16 bits per heavy atom. The van der Waals surface area contributed by atoms with Gasteiger partial charge in [-0.1, -0.05) is 25.7 Å². The van der Waals surface area contributed by atoms with E-state index in [1.54, 1.807) is 24.3 Å². The summed E-state index contributed by atoms with van der Waals surface area (Å²) < 4.78 is 0. The van der Waals surface area contributed by atoms with Gasteiger partial charge in [-0.25, -0.2) is 0 Å². The van der Waals surface area contributed by atoms with E-state index in [1.165, 1.54) is 38.5 Å². The van der Waals surface area contributed by atoms with Crippen LogP contribution < -0.4 is 11.1 Å². The summed E-state index contributed by atoms with van der Waals surface area (Å²) in [4.78, 5) is 12.1. The third-order valence-corrected chi connectivity index (χ3v) is 4.14. The molecule has 3 N–H and O–H groups in total. The fourth-order valence-corrected chi connectivity index (χ4v) is 2.85. The first-order valence-corrected chi connectivity index (χ1v) is 7.33. The van der Waals surface area contributed by atoms with Crippen LogP contribution in [0, 0.1) is 5.92 Å². The summed E-state index contributed by atoms with van der Waals surface area (Å²) in [6, 6.07) is 7.36. The number of rotatable bonds is 3. The van der Waals surface area contributed by atoms with Crippen LogP contribution in [0.4, 0.5) is 5.69 Å². The van der Waals surface area contributed by atoms with E-state index in [0.717, 1.165) is 0 Å². The summed E-state index contributed by atoms with van der Waals surface area (Å²) in [5.74, 6) is 0.636. The molecule has 0 spiro atoms. The molecule has 1 amide bonds. The van der Waals surface area contributed by atoms with Gasteiger partial charge in [0.1, 0.15) is 0 Å². The Morgan fingerprint density at radius 2 is 1.74 bits per heavy atom. The van der Waals surface area contributed by atoms with Crippen LogP contribution in [0.5, 0.6) is 0 Å². The van der Waals surface area contributed by atoms with Crippen LogP contribution in [-0.4, -0.2) is 11.9 Å². The SMILES string of the molecule is C[C@H](NC(=O)c1ccc(N)cc1)C1CCCCCC1. The van der Waals surface area contributed by atoms with E-state index in [0.29, 0.717) is 17.2 Å². The number of carbonyl (C=O) groups excluding carboxylic acids is 1. The zero-order valence-corrected chi connectivity index (χ0v) is 11.7. The highest BCUT2D eigenvalue weighted by atomic mass is 16.1. The number of anilines is 1. The Labute approximate surface area is 115 Å². The Bertz CT molecular complexity index is 405. The van der Waals surface area contributed by atoms with E-state index in [1.807, 2.05) is 0 Å². The predicted octanol–water partition coefficient (Wildman–Crippen LogP) is 3.36. The van der Waals surface area contributed by atoms with E-state index in [-0.39, 0.29) is 11.9 Å². The smallest absolute Gasteiger partial charge is 0.251 e. The third kappa shape index (κ3) is 3.98. The lowest BCUT2D eigenvalue weighted by Crippen LogP contribution is -2.38. The van der Waals surface area contributed by atoms with E-state index in [2.05, 4.69) is 12.2 Å². The van der Waals surface area contributed by atoms with Crippen molar-refractivity contribution in [1.29, 1.82) is 0 Å². The van der Waals surface area contributed by atoms with Gasteiger partial charge in [-0.2, -0.15) is 0 Å². The van der Waals surface area contributed by atoms with E-state index in [9.17, 15) is 4.79 Å². The van der Waals surface area contributed by atoms with Gasteiger partial charge in [0, 0.05) is 17.3 Å². The van der Waals surface area contributed by atoms with Crippen LogP contribution in [0.15, 0.2) is 24.3 Å². The zero-order chi connectivity index (χ0) is 13.7. The number of amides is 1. The molecule has 1 atom stereocenters. The molecule has 19 heavy (non-hydrogen) atoms. The number of nitrogens with two attached hydrogens (primary N) is 1. The summed E-state index contributed by atoms with van der Waals surface area (Å²) in [7, 11) is 0. The lowest BCUT2D eigenvalue weighted by molar-refractivity contribution is 0.0924. The van der Waals surface area contributed by atoms with Crippen molar-refractivity contribution >= 4 is 11.6 Å². The summed E-state index contributed by atoms with van der Waals surface area (Å²) in [5, 5.41) is 3.13. The molecule has 1 fully saturated rings. The second-order valence-corrected chi connectivity index (χ2v) is 5.64. The first-order valence-electron chi connectivity index (χ1n) is 7.33. The van der Waals surface area contributed by atoms with Gasteiger partial charge < -0.3 is 11.1 Å². The molecule has 1 saturated carbocycles. The fourth-order valence-electron chi connectivity index (χ4n) is 2.85. The molecule has 0 radical (unpaired) electrons. The van der Waals surface area contributed by atoms with Gasteiger partial charge in [-0.15, -0.1) is 0 Å². The minimum atomic E-state index is 0.0109. The quantitative estimate of drug-likeness (QED) is 0.647. The van der Waals surface area contributed by atoms with Crippen molar-refractivity contribution < 1.29 is 4.79 Å². The number of carbonyl (C=O) groups is 1. The highest BCUT2D eigenvalue weighted by molar-refractivity contribution is 5.94. The second-order valence-electron chi connectivity index (χ2n) is 5.64. The molecule has 0 unspecified atom stereocenters. The van der Waals surface area contributed by atoms with Gasteiger partial charge in [0.05, 0.1) is 0 Å². The normalized spacial score (nSPS) is 18.6. The van der Waals surface area contributed by atoms with Crippen molar-refractivity contribution in [1.82, 2.24) is 5.32 Å². The Balaban J connectivity index is 1.92. The molecule has 3 nitrogen and oxygen atoms in total.